The van der Waals surface area contributed by atoms with Gasteiger partial charge in [-0.05, 0) is 18.6 Å². The minimum absolute atomic E-state index is 0.240. The van der Waals surface area contributed by atoms with Crippen LogP contribution < -0.4 is 5.32 Å². The number of hydrogen-bond acceptors (Lipinski definition) is 3. The lowest BCUT2D eigenvalue weighted by molar-refractivity contribution is -0.270. The second-order valence-electron chi connectivity index (χ2n) is 4.52. The SMILES string of the molecule is CCOC1(C(F)(F)F)NC(=O)N(Cc2ccccc2Cl)C1=O. The van der Waals surface area contributed by atoms with Gasteiger partial charge in [-0.1, -0.05) is 29.8 Å². The summed E-state index contributed by atoms with van der Waals surface area (Å²) in [6.07, 6.45) is -5.08. The van der Waals surface area contributed by atoms with Crippen molar-refractivity contribution in [2.75, 3.05) is 6.61 Å². The number of carbonyl (C=O) groups excluding carboxylic acids is 2. The largest absolute Gasteiger partial charge is 0.446 e. The number of imide groups is 1. The van der Waals surface area contributed by atoms with E-state index in [1.165, 1.54) is 19.1 Å². The van der Waals surface area contributed by atoms with E-state index >= 15 is 0 Å². The number of urea groups is 1. The first kappa shape index (κ1) is 16.6. The second-order valence-corrected chi connectivity index (χ2v) is 4.93. The summed E-state index contributed by atoms with van der Waals surface area (Å²) < 4.78 is 44.2. The smallest absolute Gasteiger partial charge is 0.340 e. The zero-order valence-corrected chi connectivity index (χ0v) is 12.2. The number of benzene rings is 1. The Hall–Kier alpha value is -1.80. The molecule has 1 aromatic rings. The van der Waals surface area contributed by atoms with Crippen LogP contribution in [0.25, 0.3) is 0 Å². The molecule has 5 nitrogen and oxygen atoms in total. The lowest BCUT2D eigenvalue weighted by Gasteiger charge is -2.28. The van der Waals surface area contributed by atoms with Crippen molar-refractivity contribution in [1.29, 1.82) is 0 Å². The number of ether oxygens (including phenoxy) is 1. The van der Waals surface area contributed by atoms with Crippen LogP contribution in [0.15, 0.2) is 24.3 Å². The molecule has 1 saturated heterocycles. The second kappa shape index (κ2) is 5.77. The van der Waals surface area contributed by atoms with Gasteiger partial charge >= 0.3 is 17.9 Å². The molecule has 1 atom stereocenters. The summed E-state index contributed by atoms with van der Waals surface area (Å²) in [5, 5.41) is 1.83. The first-order chi connectivity index (χ1) is 10.2. The van der Waals surface area contributed by atoms with Gasteiger partial charge in [0.15, 0.2) is 0 Å². The van der Waals surface area contributed by atoms with Crippen LogP contribution in [0.1, 0.15) is 12.5 Å². The van der Waals surface area contributed by atoms with Gasteiger partial charge in [0, 0.05) is 11.6 Å². The molecule has 0 bridgehead atoms. The van der Waals surface area contributed by atoms with Gasteiger partial charge in [0.25, 0.3) is 5.91 Å². The van der Waals surface area contributed by atoms with Crippen molar-refractivity contribution in [3.8, 4) is 0 Å². The molecule has 0 radical (unpaired) electrons. The van der Waals surface area contributed by atoms with E-state index in [-0.39, 0.29) is 11.6 Å². The highest BCUT2D eigenvalue weighted by Crippen LogP contribution is 2.37. The molecule has 2 rings (SSSR count). The van der Waals surface area contributed by atoms with Crippen LogP contribution in [-0.2, 0) is 16.1 Å². The topological polar surface area (TPSA) is 58.6 Å². The van der Waals surface area contributed by atoms with Gasteiger partial charge in [-0.15, -0.1) is 0 Å². The Balaban J connectivity index is 2.34. The highest BCUT2D eigenvalue weighted by Gasteiger charge is 2.69. The Morgan fingerprint density at radius 1 is 1.32 bits per heavy atom. The van der Waals surface area contributed by atoms with E-state index < -0.39 is 30.4 Å². The molecule has 1 unspecified atom stereocenters. The van der Waals surface area contributed by atoms with Crippen LogP contribution in [0.2, 0.25) is 5.02 Å². The van der Waals surface area contributed by atoms with Crippen LogP contribution in [0.4, 0.5) is 18.0 Å². The summed E-state index contributed by atoms with van der Waals surface area (Å²) in [6.45, 7) is 0.518. The highest BCUT2D eigenvalue weighted by atomic mass is 35.5. The third-order valence-electron chi connectivity index (χ3n) is 3.12. The minimum Gasteiger partial charge on any atom is -0.340 e. The standard InChI is InChI=1S/C13H12ClF3N2O3/c1-2-22-12(13(15,16)17)10(20)19(11(21)18-12)7-8-5-3-4-6-9(8)14/h3-6H,2,7H2,1H3,(H,18,21). The summed E-state index contributed by atoms with van der Waals surface area (Å²) in [6, 6.07) is 5.05. The number of nitrogens with zero attached hydrogens (tertiary/aromatic N) is 1. The molecular weight excluding hydrogens is 325 g/mol. The molecule has 120 valence electrons. The van der Waals surface area contributed by atoms with Crippen molar-refractivity contribution >= 4 is 23.5 Å². The molecule has 0 aromatic heterocycles. The van der Waals surface area contributed by atoms with Crippen LogP contribution in [0, 0.1) is 0 Å². The fraction of sp³-hybridized carbons (Fsp3) is 0.385. The number of nitrogens with one attached hydrogen (secondary N) is 1. The van der Waals surface area contributed by atoms with E-state index in [4.69, 9.17) is 11.6 Å². The van der Waals surface area contributed by atoms with Crippen molar-refractivity contribution in [3.05, 3.63) is 34.9 Å². The zero-order valence-electron chi connectivity index (χ0n) is 11.4. The summed E-state index contributed by atoms with van der Waals surface area (Å²) in [5.41, 5.74) is -3.00. The molecule has 1 fully saturated rings. The Bertz CT molecular complexity index is 608. The summed E-state index contributed by atoms with van der Waals surface area (Å²) in [7, 11) is 0. The number of amides is 3. The molecule has 0 aliphatic carbocycles. The van der Waals surface area contributed by atoms with E-state index in [0.29, 0.717) is 10.5 Å². The monoisotopic (exact) mass is 336 g/mol. The average Bonchev–Trinajstić information content (AvgIpc) is 2.66. The Kier molecular flexibility index (Phi) is 4.35. The fourth-order valence-corrected chi connectivity index (χ4v) is 2.28. The van der Waals surface area contributed by atoms with Crippen LogP contribution >= 0.6 is 11.6 Å². The van der Waals surface area contributed by atoms with Crippen LogP contribution in [0.5, 0.6) is 0 Å². The lowest BCUT2D eigenvalue weighted by atomic mass is 10.1. The van der Waals surface area contributed by atoms with Gasteiger partial charge in [0.2, 0.25) is 0 Å². The molecule has 1 aromatic carbocycles. The van der Waals surface area contributed by atoms with E-state index in [1.807, 2.05) is 0 Å². The average molecular weight is 337 g/mol. The molecule has 22 heavy (non-hydrogen) atoms. The lowest BCUT2D eigenvalue weighted by Crippen LogP contribution is -2.60. The molecule has 1 N–H and O–H groups in total. The van der Waals surface area contributed by atoms with Crippen molar-refractivity contribution in [3.63, 3.8) is 0 Å². The maximum absolute atomic E-state index is 13.2. The first-order valence-corrected chi connectivity index (χ1v) is 6.69. The summed E-state index contributed by atoms with van der Waals surface area (Å²) >= 11 is 5.90. The predicted octanol–water partition coefficient (Wildman–Crippen LogP) is 2.69. The van der Waals surface area contributed by atoms with Crippen molar-refractivity contribution in [2.24, 2.45) is 0 Å². The predicted molar refractivity (Wildman–Crippen MR) is 70.9 cm³/mol. The van der Waals surface area contributed by atoms with Gasteiger partial charge in [-0.3, -0.25) is 15.0 Å². The Morgan fingerprint density at radius 2 is 1.95 bits per heavy atom. The fourth-order valence-electron chi connectivity index (χ4n) is 2.08. The normalized spacial score (nSPS) is 22.1. The van der Waals surface area contributed by atoms with Gasteiger partial charge in [0.05, 0.1) is 6.54 Å². The van der Waals surface area contributed by atoms with Gasteiger partial charge in [-0.2, -0.15) is 13.2 Å². The Morgan fingerprint density at radius 3 is 2.50 bits per heavy atom. The van der Waals surface area contributed by atoms with Crippen molar-refractivity contribution in [1.82, 2.24) is 10.2 Å². The van der Waals surface area contributed by atoms with E-state index in [0.717, 1.165) is 0 Å². The van der Waals surface area contributed by atoms with E-state index in [2.05, 4.69) is 4.74 Å². The quantitative estimate of drug-likeness (QED) is 0.860. The molecule has 1 heterocycles. The maximum atomic E-state index is 13.2. The maximum Gasteiger partial charge on any atom is 0.446 e. The number of carbonyl (C=O) groups is 2. The summed E-state index contributed by atoms with van der Waals surface area (Å²) in [4.78, 5) is 24.4. The first-order valence-electron chi connectivity index (χ1n) is 6.31. The third kappa shape index (κ3) is 2.64. The van der Waals surface area contributed by atoms with Gasteiger partial charge < -0.3 is 4.74 Å². The van der Waals surface area contributed by atoms with Gasteiger partial charge in [-0.25, -0.2) is 4.79 Å². The molecule has 0 spiro atoms. The molecule has 9 heteroatoms. The molecule has 0 saturated carbocycles. The molecular formula is C13H12ClF3N2O3. The number of halogens is 4. The summed E-state index contributed by atoms with van der Waals surface area (Å²) in [5.74, 6) is -1.51. The van der Waals surface area contributed by atoms with Crippen molar-refractivity contribution < 1.29 is 27.5 Å². The third-order valence-corrected chi connectivity index (χ3v) is 3.49. The Labute approximate surface area is 129 Å². The van der Waals surface area contributed by atoms with Crippen LogP contribution in [0.3, 0.4) is 0 Å². The molecule has 1 aliphatic rings. The minimum atomic E-state index is -5.08. The zero-order chi connectivity index (χ0) is 16.5. The van der Waals surface area contributed by atoms with E-state index in [9.17, 15) is 22.8 Å². The number of rotatable bonds is 4. The molecule has 3 amide bonds. The van der Waals surface area contributed by atoms with E-state index in [1.54, 1.807) is 17.4 Å². The molecule has 1 aliphatic heterocycles. The van der Waals surface area contributed by atoms with Crippen molar-refractivity contribution in [2.45, 2.75) is 25.4 Å². The van der Waals surface area contributed by atoms with Gasteiger partial charge in [0.1, 0.15) is 0 Å². The highest BCUT2D eigenvalue weighted by molar-refractivity contribution is 6.31. The van der Waals surface area contributed by atoms with Crippen LogP contribution in [-0.4, -0.2) is 35.3 Å². The number of alkyl halides is 3. The number of hydrogen-bond donors (Lipinski definition) is 1.